The van der Waals surface area contributed by atoms with Crippen molar-refractivity contribution >= 4 is 16.6 Å². The fourth-order valence-corrected chi connectivity index (χ4v) is 4.82. The van der Waals surface area contributed by atoms with Crippen LogP contribution in [-0.4, -0.2) is 35.4 Å². The van der Waals surface area contributed by atoms with E-state index in [9.17, 15) is 29.9 Å². The van der Waals surface area contributed by atoms with Gasteiger partial charge in [0.1, 0.15) is 17.6 Å². The van der Waals surface area contributed by atoms with Gasteiger partial charge in [-0.3, -0.25) is 24.0 Å². The maximum Gasteiger partial charge on any atom is 0.331 e. The number of phenols is 2. The number of nitro benzene ring substituents is 1. The third-order valence-corrected chi connectivity index (χ3v) is 6.53. The number of aromatic nitrogens is 3. The molecule has 0 saturated carbocycles. The quantitative estimate of drug-likeness (QED) is 0.262. The molecule has 0 unspecified atom stereocenters. The Hall–Kier alpha value is -4.38. The molecule has 5 rings (SSSR count). The topological polar surface area (TPSA) is 142 Å². The second kappa shape index (κ2) is 7.84. The van der Waals surface area contributed by atoms with Crippen molar-refractivity contribution in [2.45, 2.75) is 19.6 Å². The molecule has 0 bridgehead atoms. The van der Waals surface area contributed by atoms with Gasteiger partial charge in [0.2, 0.25) is 0 Å². The van der Waals surface area contributed by atoms with Crippen LogP contribution in [0.15, 0.2) is 46.0 Å². The average molecular weight is 478 g/mol. The van der Waals surface area contributed by atoms with E-state index in [1.54, 1.807) is 23.6 Å². The molecule has 0 fully saturated rings. The number of benzene rings is 2. The lowest BCUT2D eigenvalue weighted by molar-refractivity contribution is -0.385. The molecule has 3 heterocycles. The summed E-state index contributed by atoms with van der Waals surface area (Å²) in [5.74, 6) is -0.217. The van der Waals surface area contributed by atoms with Crippen LogP contribution in [0, 0.1) is 17.0 Å². The summed E-state index contributed by atoms with van der Waals surface area (Å²) in [6.45, 7) is 2.13. The van der Waals surface area contributed by atoms with Crippen LogP contribution in [-0.2, 0) is 25.4 Å². The van der Waals surface area contributed by atoms with Crippen molar-refractivity contribution in [1.29, 1.82) is 0 Å². The van der Waals surface area contributed by atoms with Gasteiger partial charge in [-0.2, -0.15) is 0 Å². The molecule has 1 aliphatic heterocycles. The minimum absolute atomic E-state index is 0.0893. The van der Waals surface area contributed by atoms with Gasteiger partial charge in [0.25, 0.3) is 11.2 Å². The fourth-order valence-electron chi connectivity index (χ4n) is 4.82. The molecule has 1 aliphatic rings. The molecule has 2 aromatic heterocycles. The first-order valence-electron chi connectivity index (χ1n) is 10.8. The van der Waals surface area contributed by atoms with Crippen LogP contribution in [0.4, 0.5) is 5.69 Å². The predicted octanol–water partition coefficient (Wildman–Crippen LogP) is 2.45. The number of rotatable bonds is 3. The molecule has 11 heteroatoms. The first-order chi connectivity index (χ1) is 16.6. The van der Waals surface area contributed by atoms with Gasteiger partial charge in [-0.1, -0.05) is 12.1 Å². The number of ether oxygens (including phenoxy) is 1. The van der Waals surface area contributed by atoms with Crippen molar-refractivity contribution < 1.29 is 19.9 Å². The van der Waals surface area contributed by atoms with Crippen LogP contribution in [0.25, 0.3) is 22.2 Å². The maximum absolute atomic E-state index is 13.4. The molecule has 0 radical (unpaired) electrons. The fraction of sp³-hybridized carbons (Fsp3) is 0.250. The summed E-state index contributed by atoms with van der Waals surface area (Å²) < 4.78 is 10.1. The molecule has 0 saturated heterocycles. The van der Waals surface area contributed by atoms with E-state index in [1.807, 2.05) is 0 Å². The molecular weight excluding hydrogens is 456 g/mol. The highest BCUT2D eigenvalue weighted by molar-refractivity contribution is 5.97. The van der Waals surface area contributed by atoms with Crippen LogP contribution >= 0.6 is 0 Å². The minimum Gasteiger partial charge on any atom is -0.508 e. The Morgan fingerprint density at radius 2 is 1.83 bits per heavy atom. The molecule has 0 aliphatic carbocycles. The summed E-state index contributed by atoms with van der Waals surface area (Å²) in [5, 5.41) is 32.4. The van der Waals surface area contributed by atoms with Gasteiger partial charge in [-0.25, -0.2) is 4.79 Å². The van der Waals surface area contributed by atoms with Crippen LogP contribution in [0.3, 0.4) is 0 Å². The minimum atomic E-state index is -0.912. The number of fused-ring (bicyclic) bond motifs is 3. The standard InChI is InChI=1S/C24H22N4O7/c1-12-4-5-13(10-16(12)28(33)34)19-18-20(25(2)24(32)26(3)23(18)31)21-22(35-9-8-27(19)21)15-11-14(29)6-7-17(15)30/h4-7,10-11,22,29-30H,8-9H2,1-3H3/t22-/m0/s1. The molecule has 0 spiro atoms. The Labute approximate surface area is 197 Å². The molecule has 4 aromatic rings. The van der Waals surface area contributed by atoms with E-state index in [-0.39, 0.29) is 34.7 Å². The zero-order chi connectivity index (χ0) is 25.2. The zero-order valence-electron chi connectivity index (χ0n) is 19.2. The second-order valence-electron chi connectivity index (χ2n) is 8.57. The van der Waals surface area contributed by atoms with Crippen molar-refractivity contribution in [3.8, 4) is 22.8 Å². The lowest BCUT2D eigenvalue weighted by atomic mass is 10.0. The molecule has 2 N–H and O–H groups in total. The number of nitro groups is 1. The molecule has 0 amide bonds. The lowest BCUT2D eigenvalue weighted by Crippen LogP contribution is -2.37. The van der Waals surface area contributed by atoms with Crippen molar-refractivity contribution in [2.24, 2.45) is 14.1 Å². The number of aromatic hydroxyl groups is 2. The van der Waals surface area contributed by atoms with Crippen molar-refractivity contribution in [2.75, 3.05) is 6.61 Å². The second-order valence-corrected chi connectivity index (χ2v) is 8.57. The zero-order valence-corrected chi connectivity index (χ0v) is 19.2. The van der Waals surface area contributed by atoms with Crippen LogP contribution in [0.1, 0.15) is 22.9 Å². The Balaban J connectivity index is 1.95. The third kappa shape index (κ3) is 3.23. The number of nitrogens with zero attached hydrogens (tertiary/aromatic N) is 4. The molecule has 35 heavy (non-hydrogen) atoms. The number of hydrogen-bond donors (Lipinski definition) is 2. The first kappa shape index (κ1) is 22.4. The molecule has 11 nitrogen and oxygen atoms in total. The van der Waals surface area contributed by atoms with E-state index in [0.29, 0.717) is 34.6 Å². The van der Waals surface area contributed by atoms with Crippen LogP contribution < -0.4 is 11.2 Å². The Morgan fingerprint density at radius 1 is 1.09 bits per heavy atom. The van der Waals surface area contributed by atoms with Crippen molar-refractivity contribution in [1.82, 2.24) is 13.7 Å². The predicted molar refractivity (Wildman–Crippen MR) is 127 cm³/mol. The van der Waals surface area contributed by atoms with Gasteiger partial charge in [0.05, 0.1) is 33.8 Å². The van der Waals surface area contributed by atoms with Gasteiger partial charge in [0, 0.05) is 43.4 Å². The van der Waals surface area contributed by atoms with Crippen LogP contribution in [0.2, 0.25) is 0 Å². The van der Waals surface area contributed by atoms with Crippen molar-refractivity contribution in [3.05, 3.63) is 84.2 Å². The van der Waals surface area contributed by atoms with Gasteiger partial charge < -0.3 is 19.5 Å². The SMILES string of the molecule is Cc1ccc(-c2c3c(=O)n(C)c(=O)n(C)c3c3n2CCO[C@H]3c2cc(O)ccc2O)cc1[N+](=O)[O-]. The van der Waals surface area contributed by atoms with E-state index in [2.05, 4.69) is 0 Å². The van der Waals surface area contributed by atoms with Gasteiger partial charge >= 0.3 is 5.69 Å². The van der Waals surface area contributed by atoms with Gasteiger partial charge in [-0.05, 0) is 25.1 Å². The van der Waals surface area contributed by atoms with E-state index >= 15 is 0 Å². The monoisotopic (exact) mass is 478 g/mol. The van der Waals surface area contributed by atoms with E-state index in [4.69, 9.17) is 4.74 Å². The Bertz CT molecular complexity index is 1660. The van der Waals surface area contributed by atoms with E-state index in [0.717, 1.165) is 4.57 Å². The first-order valence-corrected chi connectivity index (χ1v) is 10.8. The van der Waals surface area contributed by atoms with E-state index in [1.165, 1.54) is 42.9 Å². The summed E-state index contributed by atoms with van der Waals surface area (Å²) in [5.41, 5.74) is 1.12. The maximum atomic E-state index is 13.4. The Kier molecular flexibility index (Phi) is 5.02. The van der Waals surface area contributed by atoms with Gasteiger partial charge in [-0.15, -0.1) is 0 Å². The number of phenolic OH excluding ortho intramolecular Hbond substituents is 2. The molecule has 180 valence electrons. The molecular formula is C24H22N4O7. The van der Waals surface area contributed by atoms with E-state index < -0.39 is 22.3 Å². The summed E-state index contributed by atoms with van der Waals surface area (Å²) in [6.07, 6.45) is -0.912. The molecule has 2 aromatic carbocycles. The number of aryl methyl sites for hydroxylation is 2. The summed E-state index contributed by atoms with van der Waals surface area (Å²) >= 11 is 0. The summed E-state index contributed by atoms with van der Waals surface area (Å²) in [7, 11) is 2.90. The summed E-state index contributed by atoms with van der Waals surface area (Å²) in [6, 6.07) is 8.76. The third-order valence-electron chi connectivity index (χ3n) is 6.53. The largest absolute Gasteiger partial charge is 0.508 e. The normalized spacial score (nSPS) is 15.3. The smallest absolute Gasteiger partial charge is 0.331 e. The highest BCUT2D eigenvalue weighted by Gasteiger charge is 2.34. The molecule has 1 atom stereocenters. The van der Waals surface area contributed by atoms with Crippen LogP contribution in [0.5, 0.6) is 11.5 Å². The highest BCUT2D eigenvalue weighted by Crippen LogP contribution is 2.43. The Morgan fingerprint density at radius 3 is 2.54 bits per heavy atom. The highest BCUT2D eigenvalue weighted by atomic mass is 16.6. The number of hydrogen-bond acceptors (Lipinski definition) is 7. The average Bonchev–Trinajstić information content (AvgIpc) is 3.18. The lowest BCUT2D eigenvalue weighted by Gasteiger charge is -2.28. The summed E-state index contributed by atoms with van der Waals surface area (Å²) in [4.78, 5) is 37.5. The van der Waals surface area contributed by atoms with Crippen molar-refractivity contribution in [3.63, 3.8) is 0 Å². The van der Waals surface area contributed by atoms with Gasteiger partial charge in [0.15, 0.2) is 0 Å².